The van der Waals surface area contributed by atoms with Crippen molar-refractivity contribution in [3.63, 3.8) is 0 Å². The van der Waals surface area contributed by atoms with Gasteiger partial charge in [0.15, 0.2) is 0 Å². The maximum Gasteiger partial charge on any atom is 0.230 e. The summed E-state index contributed by atoms with van der Waals surface area (Å²) in [7, 11) is 0. The first-order valence-corrected chi connectivity index (χ1v) is 7.85. The Morgan fingerprint density at radius 2 is 1.65 bits per heavy atom. The van der Waals surface area contributed by atoms with Crippen molar-refractivity contribution < 1.29 is 9.90 Å². The Kier molecular flexibility index (Phi) is 5.98. The van der Waals surface area contributed by atoms with Gasteiger partial charge < -0.3 is 10.0 Å². The summed E-state index contributed by atoms with van der Waals surface area (Å²) in [4.78, 5) is 14.7. The van der Waals surface area contributed by atoms with Crippen LogP contribution in [0.25, 0.3) is 0 Å². The van der Waals surface area contributed by atoms with Crippen molar-refractivity contribution >= 4 is 11.6 Å². The Labute approximate surface area is 137 Å². The second kappa shape index (κ2) is 8.18. The van der Waals surface area contributed by atoms with E-state index in [1.807, 2.05) is 67.6 Å². The number of carbonyl (C=O) groups excluding carboxylic acids is 1. The molecule has 0 spiro atoms. The summed E-state index contributed by atoms with van der Waals surface area (Å²) in [6.45, 7) is 5.92. The molecule has 23 heavy (non-hydrogen) atoms. The van der Waals surface area contributed by atoms with Crippen LogP contribution in [-0.2, 0) is 11.3 Å². The van der Waals surface area contributed by atoms with Crippen LogP contribution < -0.4 is 4.90 Å². The molecular weight excluding hydrogens is 286 g/mol. The molecule has 0 aromatic heterocycles. The molecule has 0 heterocycles. The van der Waals surface area contributed by atoms with Gasteiger partial charge in [-0.15, -0.1) is 0 Å². The molecule has 0 saturated carbocycles. The highest BCUT2D eigenvalue weighted by Gasteiger charge is 2.22. The standard InChI is InChI=1S/C20H23NO2/c1-16(13-14-17(2)22)20(23)21(19-11-7-4-8-12-19)15-18-9-5-3-6-10-18/h3-12,16,22H,2,13-15H2,1H3. The van der Waals surface area contributed by atoms with E-state index >= 15 is 0 Å². The van der Waals surface area contributed by atoms with Crippen LogP contribution in [0, 0.1) is 5.92 Å². The van der Waals surface area contributed by atoms with Gasteiger partial charge in [-0.2, -0.15) is 0 Å². The van der Waals surface area contributed by atoms with Crippen molar-refractivity contribution in [3.05, 3.63) is 78.6 Å². The van der Waals surface area contributed by atoms with E-state index in [0.717, 1.165) is 11.3 Å². The number of benzene rings is 2. The number of allylic oxidation sites excluding steroid dienone is 1. The second-order valence-corrected chi connectivity index (χ2v) is 5.75. The van der Waals surface area contributed by atoms with Crippen LogP contribution in [0.1, 0.15) is 25.3 Å². The van der Waals surface area contributed by atoms with Gasteiger partial charge in [-0.1, -0.05) is 62.0 Å². The maximum absolute atomic E-state index is 12.9. The molecule has 0 bridgehead atoms. The number of anilines is 1. The lowest BCUT2D eigenvalue weighted by molar-refractivity contribution is -0.122. The minimum absolute atomic E-state index is 0.0568. The predicted octanol–water partition coefficient (Wildman–Crippen LogP) is 4.71. The molecule has 0 radical (unpaired) electrons. The number of hydrogen-bond acceptors (Lipinski definition) is 2. The molecule has 2 aromatic rings. The van der Waals surface area contributed by atoms with E-state index in [1.165, 1.54) is 0 Å². The lowest BCUT2D eigenvalue weighted by atomic mass is 10.0. The Balaban J connectivity index is 2.19. The molecule has 1 N–H and O–H groups in total. The number of rotatable bonds is 7. The minimum atomic E-state index is -0.178. The minimum Gasteiger partial charge on any atom is -0.513 e. The van der Waals surface area contributed by atoms with Crippen molar-refractivity contribution in [2.45, 2.75) is 26.3 Å². The highest BCUT2D eigenvalue weighted by atomic mass is 16.3. The van der Waals surface area contributed by atoms with Crippen LogP contribution in [0.4, 0.5) is 5.69 Å². The first kappa shape index (κ1) is 16.8. The molecule has 3 nitrogen and oxygen atoms in total. The molecular formula is C20H23NO2. The molecule has 2 rings (SSSR count). The Morgan fingerprint density at radius 1 is 1.09 bits per heavy atom. The lowest BCUT2D eigenvalue weighted by Crippen LogP contribution is -2.34. The van der Waals surface area contributed by atoms with Crippen molar-refractivity contribution in [2.75, 3.05) is 4.90 Å². The SMILES string of the molecule is C=C(O)CCC(C)C(=O)N(Cc1ccccc1)c1ccccc1. The van der Waals surface area contributed by atoms with E-state index < -0.39 is 0 Å². The van der Waals surface area contributed by atoms with Gasteiger partial charge >= 0.3 is 0 Å². The topological polar surface area (TPSA) is 40.5 Å². The number of aliphatic hydroxyl groups is 1. The summed E-state index contributed by atoms with van der Waals surface area (Å²) in [5.74, 6) is 0.00286. The average Bonchev–Trinajstić information content (AvgIpc) is 2.58. The smallest absolute Gasteiger partial charge is 0.230 e. The van der Waals surface area contributed by atoms with Crippen molar-refractivity contribution in [1.29, 1.82) is 0 Å². The fourth-order valence-corrected chi connectivity index (χ4v) is 2.44. The number of aliphatic hydroxyl groups excluding tert-OH is 1. The van der Waals surface area contributed by atoms with E-state index in [1.54, 1.807) is 4.90 Å². The molecule has 0 aliphatic heterocycles. The van der Waals surface area contributed by atoms with Gasteiger partial charge in [0.1, 0.15) is 0 Å². The molecule has 0 saturated heterocycles. The molecule has 0 fully saturated rings. The van der Waals surface area contributed by atoms with Crippen LogP contribution in [0.15, 0.2) is 73.0 Å². The van der Waals surface area contributed by atoms with Gasteiger partial charge in [0.05, 0.1) is 12.3 Å². The van der Waals surface area contributed by atoms with Crippen molar-refractivity contribution in [3.8, 4) is 0 Å². The zero-order valence-corrected chi connectivity index (χ0v) is 13.5. The van der Waals surface area contributed by atoms with E-state index in [2.05, 4.69) is 6.58 Å². The Morgan fingerprint density at radius 3 is 2.22 bits per heavy atom. The summed E-state index contributed by atoms with van der Waals surface area (Å²) in [5.41, 5.74) is 1.97. The number of para-hydroxylation sites is 1. The van der Waals surface area contributed by atoms with Crippen LogP contribution in [-0.4, -0.2) is 11.0 Å². The van der Waals surface area contributed by atoms with E-state index in [0.29, 0.717) is 19.4 Å². The highest BCUT2D eigenvalue weighted by molar-refractivity contribution is 5.94. The number of carbonyl (C=O) groups is 1. The quantitative estimate of drug-likeness (QED) is 0.753. The molecule has 1 atom stereocenters. The fraction of sp³-hybridized carbons (Fsp3) is 0.250. The Hall–Kier alpha value is -2.55. The third-order valence-electron chi connectivity index (χ3n) is 3.80. The summed E-state index contributed by atoms with van der Waals surface area (Å²) in [6, 6.07) is 19.6. The lowest BCUT2D eigenvalue weighted by Gasteiger charge is -2.26. The first-order chi connectivity index (χ1) is 11.1. The van der Waals surface area contributed by atoms with Crippen LogP contribution >= 0.6 is 0 Å². The molecule has 3 heteroatoms. The third kappa shape index (κ3) is 4.99. The molecule has 2 aromatic carbocycles. The van der Waals surface area contributed by atoms with Crippen molar-refractivity contribution in [2.24, 2.45) is 5.92 Å². The number of nitrogens with zero attached hydrogens (tertiary/aromatic N) is 1. The summed E-state index contributed by atoms with van der Waals surface area (Å²) in [6.07, 6.45) is 1.03. The normalized spacial score (nSPS) is 11.7. The largest absolute Gasteiger partial charge is 0.513 e. The third-order valence-corrected chi connectivity index (χ3v) is 3.80. The zero-order chi connectivity index (χ0) is 16.7. The van der Waals surface area contributed by atoms with Gasteiger partial charge in [0.25, 0.3) is 0 Å². The van der Waals surface area contributed by atoms with Gasteiger partial charge in [-0.05, 0) is 24.1 Å². The van der Waals surface area contributed by atoms with Crippen LogP contribution in [0.3, 0.4) is 0 Å². The van der Waals surface area contributed by atoms with Crippen molar-refractivity contribution in [1.82, 2.24) is 0 Å². The van der Waals surface area contributed by atoms with Crippen LogP contribution in [0.5, 0.6) is 0 Å². The van der Waals surface area contributed by atoms with Gasteiger partial charge in [0.2, 0.25) is 5.91 Å². The Bertz CT molecular complexity index is 637. The summed E-state index contributed by atoms with van der Waals surface area (Å²) >= 11 is 0. The molecule has 1 unspecified atom stereocenters. The first-order valence-electron chi connectivity index (χ1n) is 7.85. The second-order valence-electron chi connectivity index (χ2n) is 5.75. The summed E-state index contributed by atoms with van der Waals surface area (Å²) in [5, 5.41) is 9.25. The molecule has 0 aliphatic carbocycles. The molecule has 1 amide bonds. The van der Waals surface area contributed by atoms with Gasteiger partial charge in [0, 0.05) is 18.0 Å². The predicted molar refractivity (Wildman–Crippen MR) is 94.2 cm³/mol. The van der Waals surface area contributed by atoms with E-state index in [-0.39, 0.29) is 17.6 Å². The average molecular weight is 309 g/mol. The molecule has 120 valence electrons. The monoisotopic (exact) mass is 309 g/mol. The van der Waals surface area contributed by atoms with Gasteiger partial charge in [-0.25, -0.2) is 0 Å². The van der Waals surface area contributed by atoms with Gasteiger partial charge in [-0.3, -0.25) is 4.79 Å². The fourth-order valence-electron chi connectivity index (χ4n) is 2.44. The maximum atomic E-state index is 12.9. The zero-order valence-electron chi connectivity index (χ0n) is 13.5. The number of amides is 1. The van der Waals surface area contributed by atoms with Crippen LogP contribution in [0.2, 0.25) is 0 Å². The van der Waals surface area contributed by atoms with E-state index in [9.17, 15) is 9.90 Å². The van der Waals surface area contributed by atoms with E-state index in [4.69, 9.17) is 0 Å². The molecule has 0 aliphatic rings. The highest BCUT2D eigenvalue weighted by Crippen LogP contribution is 2.22. The number of hydrogen-bond donors (Lipinski definition) is 1. The summed E-state index contributed by atoms with van der Waals surface area (Å²) < 4.78 is 0.